The molecule has 2 N–H and O–H groups in total. The molecule has 0 radical (unpaired) electrons. The lowest BCUT2D eigenvalue weighted by molar-refractivity contribution is 0.0697. The summed E-state index contributed by atoms with van der Waals surface area (Å²) in [7, 11) is 1.68. The van der Waals surface area contributed by atoms with Crippen molar-refractivity contribution in [2.45, 2.75) is 13.0 Å². The van der Waals surface area contributed by atoms with E-state index in [0.29, 0.717) is 19.8 Å². The quantitative estimate of drug-likeness (QED) is 0.515. The summed E-state index contributed by atoms with van der Waals surface area (Å²) >= 11 is 0. The van der Waals surface area contributed by atoms with Gasteiger partial charge in [-0.1, -0.05) is 54.6 Å². The van der Waals surface area contributed by atoms with E-state index in [-0.39, 0.29) is 11.6 Å². The van der Waals surface area contributed by atoms with Crippen LogP contribution < -0.4 is 10.1 Å². The number of hydrogen-bond donors (Lipinski definition) is 2. The summed E-state index contributed by atoms with van der Waals surface area (Å²) in [5, 5.41) is 14.7. The van der Waals surface area contributed by atoms with Crippen LogP contribution in [-0.4, -0.2) is 44.0 Å². The van der Waals surface area contributed by atoms with E-state index in [0.717, 1.165) is 27.7 Å². The van der Waals surface area contributed by atoms with Crippen molar-refractivity contribution in [3.8, 4) is 5.75 Å². The highest BCUT2D eigenvalue weighted by Gasteiger charge is 2.07. The van der Waals surface area contributed by atoms with Crippen molar-refractivity contribution in [2.24, 2.45) is 0 Å². The highest BCUT2D eigenvalue weighted by Crippen LogP contribution is 2.25. The minimum atomic E-state index is -0.930. The van der Waals surface area contributed by atoms with E-state index in [1.54, 1.807) is 31.4 Å². The molecule has 0 bridgehead atoms. The monoisotopic (exact) mass is 405 g/mol. The number of aromatic carboxylic acids is 1. The minimum Gasteiger partial charge on any atom is -0.489 e. The smallest absolute Gasteiger partial charge is 0.335 e. The van der Waals surface area contributed by atoms with Gasteiger partial charge in [0.25, 0.3) is 0 Å². The van der Waals surface area contributed by atoms with Gasteiger partial charge in [-0.3, -0.25) is 0 Å². The molecule has 0 aromatic heterocycles. The number of ether oxygens (including phenoxy) is 2. The van der Waals surface area contributed by atoms with Crippen molar-refractivity contribution in [1.29, 1.82) is 0 Å². The van der Waals surface area contributed by atoms with Crippen molar-refractivity contribution in [3.05, 3.63) is 83.4 Å². The first-order chi connectivity index (χ1) is 14.6. The molecule has 0 spiro atoms. The van der Waals surface area contributed by atoms with Crippen molar-refractivity contribution in [1.82, 2.24) is 5.32 Å². The zero-order chi connectivity index (χ0) is 21.3. The molecule has 3 aromatic carbocycles. The van der Waals surface area contributed by atoms with Crippen LogP contribution in [-0.2, 0) is 4.74 Å². The summed E-state index contributed by atoms with van der Waals surface area (Å²) in [6.45, 7) is 3.73. The van der Waals surface area contributed by atoms with Crippen LogP contribution in [0.3, 0.4) is 0 Å². The Balaban J connectivity index is 1.78. The van der Waals surface area contributed by atoms with Crippen molar-refractivity contribution in [3.63, 3.8) is 0 Å². The Morgan fingerprint density at radius 3 is 2.53 bits per heavy atom. The van der Waals surface area contributed by atoms with E-state index in [1.165, 1.54) is 0 Å². The van der Waals surface area contributed by atoms with Gasteiger partial charge in [-0.2, -0.15) is 0 Å². The molecule has 0 saturated carbocycles. The molecule has 5 nitrogen and oxygen atoms in total. The number of carboxylic acids is 1. The molecule has 3 aromatic rings. The van der Waals surface area contributed by atoms with Crippen LogP contribution in [0.4, 0.5) is 0 Å². The number of hydrogen-bond acceptors (Lipinski definition) is 4. The summed E-state index contributed by atoms with van der Waals surface area (Å²) in [6.07, 6.45) is 2.03. The van der Waals surface area contributed by atoms with Gasteiger partial charge < -0.3 is 19.9 Å². The summed E-state index contributed by atoms with van der Waals surface area (Å²) in [4.78, 5) is 11.1. The van der Waals surface area contributed by atoms with Crippen LogP contribution >= 0.6 is 0 Å². The summed E-state index contributed by atoms with van der Waals surface area (Å²) in [5.41, 5.74) is 2.25. The summed E-state index contributed by atoms with van der Waals surface area (Å²) < 4.78 is 11.4. The molecule has 0 aliphatic rings. The van der Waals surface area contributed by atoms with Gasteiger partial charge in [0.2, 0.25) is 0 Å². The lowest BCUT2D eigenvalue weighted by Crippen LogP contribution is -2.32. The average molecular weight is 405 g/mol. The van der Waals surface area contributed by atoms with Crippen LogP contribution in [0.25, 0.3) is 16.8 Å². The van der Waals surface area contributed by atoms with Gasteiger partial charge in [-0.05, 0) is 41.6 Å². The molecule has 30 heavy (non-hydrogen) atoms. The maximum atomic E-state index is 11.1. The van der Waals surface area contributed by atoms with E-state index >= 15 is 0 Å². The second kappa shape index (κ2) is 10.6. The fourth-order valence-electron chi connectivity index (χ4n) is 3.21. The number of fused-ring (bicyclic) bond motifs is 1. The first-order valence-electron chi connectivity index (χ1n) is 9.92. The zero-order valence-electron chi connectivity index (χ0n) is 17.3. The van der Waals surface area contributed by atoms with Gasteiger partial charge in [0.1, 0.15) is 12.4 Å². The molecule has 0 aliphatic heterocycles. The van der Waals surface area contributed by atoms with Crippen molar-refractivity contribution >= 4 is 22.8 Å². The van der Waals surface area contributed by atoms with E-state index in [4.69, 9.17) is 14.6 Å². The molecule has 1 atom stereocenters. The number of benzene rings is 3. The van der Waals surface area contributed by atoms with E-state index in [1.807, 2.05) is 30.3 Å². The van der Waals surface area contributed by atoms with E-state index in [2.05, 4.69) is 30.4 Å². The highest BCUT2D eigenvalue weighted by atomic mass is 16.5. The number of nitrogens with one attached hydrogen (secondary N) is 1. The normalized spacial score (nSPS) is 12.7. The fourth-order valence-corrected chi connectivity index (χ4v) is 3.21. The first-order valence-corrected chi connectivity index (χ1v) is 9.92. The standard InChI is InChI=1S/C25H27NO4/c1-18(16-29-2)26-15-20(14-19-10-12-22(13-11-19)25(27)28)17-30-24-9-5-7-21-6-3-4-8-23(21)24/h3-14,18,26H,15-17H2,1-2H3,(H,27,28)/b20-14-. The van der Waals surface area contributed by atoms with Gasteiger partial charge in [-0.15, -0.1) is 0 Å². The Morgan fingerprint density at radius 1 is 1.07 bits per heavy atom. The van der Waals surface area contributed by atoms with Crippen molar-refractivity contribution in [2.75, 3.05) is 26.9 Å². The van der Waals surface area contributed by atoms with E-state index < -0.39 is 5.97 Å². The zero-order valence-corrected chi connectivity index (χ0v) is 17.3. The van der Waals surface area contributed by atoms with Crippen LogP contribution in [0.1, 0.15) is 22.8 Å². The number of carboxylic acid groups (broad SMARTS) is 1. The van der Waals surface area contributed by atoms with E-state index in [9.17, 15) is 4.79 Å². The third kappa shape index (κ3) is 5.92. The van der Waals surface area contributed by atoms with Gasteiger partial charge in [0, 0.05) is 25.1 Å². The van der Waals surface area contributed by atoms with Gasteiger partial charge in [0.15, 0.2) is 0 Å². The predicted octanol–water partition coefficient (Wildman–Crippen LogP) is 4.62. The molecule has 0 heterocycles. The maximum Gasteiger partial charge on any atom is 0.335 e. The lowest BCUT2D eigenvalue weighted by Gasteiger charge is -2.16. The molecule has 3 rings (SSSR count). The molecular formula is C25H27NO4. The molecule has 0 aliphatic carbocycles. The highest BCUT2D eigenvalue weighted by molar-refractivity contribution is 5.88. The van der Waals surface area contributed by atoms with Crippen LogP contribution in [0.5, 0.6) is 5.75 Å². The summed E-state index contributed by atoms with van der Waals surface area (Å²) in [6, 6.07) is 21.2. The fraction of sp³-hybridized carbons (Fsp3) is 0.240. The molecular weight excluding hydrogens is 378 g/mol. The molecule has 0 saturated heterocycles. The molecule has 156 valence electrons. The maximum absolute atomic E-state index is 11.1. The molecule has 0 amide bonds. The SMILES string of the molecule is COCC(C)NC/C(=C/c1ccc(C(=O)O)cc1)COc1cccc2ccccc12. The van der Waals surface area contributed by atoms with Gasteiger partial charge >= 0.3 is 5.97 Å². The summed E-state index contributed by atoms with van der Waals surface area (Å²) in [5.74, 6) is -0.0923. The number of carbonyl (C=O) groups is 1. The third-order valence-electron chi connectivity index (χ3n) is 4.79. The molecule has 1 unspecified atom stereocenters. The minimum absolute atomic E-state index is 0.199. The second-order valence-corrected chi connectivity index (χ2v) is 7.23. The number of rotatable bonds is 10. The predicted molar refractivity (Wildman–Crippen MR) is 120 cm³/mol. The molecule has 5 heteroatoms. The first kappa shape index (κ1) is 21.6. The second-order valence-electron chi connectivity index (χ2n) is 7.23. The average Bonchev–Trinajstić information content (AvgIpc) is 2.76. The largest absolute Gasteiger partial charge is 0.489 e. The lowest BCUT2D eigenvalue weighted by atomic mass is 10.1. The Kier molecular flexibility index (Phi) is 7.60. The Labute approximate surface area is 176 Å². The van der Waals surface area contributed by atoms with Crippen LogP contribution in [0.15, 0.2) is 72.3 Å². The Hall–Kier alpha value is -3.15. The topological polar surface area (TPSA) is 67.8 Å². The van der Waals surface area contributed by atoms with Crippen molar-refractivity contribution < 1.29 is 19.4 Å². The third-order valence-corrected chi connectivity index (χ3v) is 4.79. The Morgan fingerprint density at radius 2 is 1.80 bits per heavy atom. The van der Waals surface area contributed by atoms with Crippen LogP contribution in [0, 0.1) is 0 Å². The van der Waals surface area contributed by atoms with Gasteiger partial charge in [-0.25, -0.2) is 4.79 Å². The Bertz CT molecular complexity index is 1010. The van der Waals surface area contributed by atoms with Gasteiger partial charge in [0.05, 0.1) is 12.2 Å². The molecule has 0 fully saturated rings. The number of methoxy groups -OCH3 is 1. The van der Waals surface area contributed by atoms with Crippen LogP contribution in [0.2, 0.25) is 0 Å².